The summed E-state index contributed by atoms with van der Waals surface area (Å²) in [5.41, 5.74) is 6.28. The van der Waals surface area contributed by atoms with Gasteiger partial charge in [-0.05, 0) is 19.9 Å². The molecule has 1 aromatic heterocycles. The predicted octanol–water partition coefficient (Wildman–Crippen LogP) is 1.83. The predicted molar refractivity (Wildman–Crippen MR) is 60.2 cm³/mol. The first-order chi connectivity index (χ1) is 7.04. The molecule has 1 unspecified atom stereocenters. The molecule has 0 aromatic carbocycles. The number of aryl methyl sites for hydroxylation is 1. The molecule has 0 saturated carbocycles. The van der Waals surface area contributed by atoms with Crippen molar-refractivity contribution in [3.8, 4) is 0 Å². The van der Waals surface area contributed by atoms with E-state index in [1.807, 2.05) is 6.92 Å². The molecule has 4 nitrogen and oxygen atoms in total. The molecule has 1 heterocycles. The highest BCUT2D eigenvalue weighted by atomic mass is 32.1. The summed E-state index contributed by atoms with van der Waals surface area (Å²) in [7, 11) is 1.57. The summed E-state index contributed by atoms with van der Waals surface area (Å²) in [6, 6.07) is 1.64. The van der Waals surface area contributed by atoms with Crippen molar-refractivity contribution in [3.63, 3.8) is 0 Å². The minimum absolute atomic E-state index is 0.244. The Hall–Kier alpha value is -1.07. The van der Waals surface area contributed by atoms with E-state index in [2.05, 4.69) is 0 Å². The van der Waals surface area contributed by atoms with Crippen LogP contribution in [0.5, 0.6) is 0 Å². The lowest BCUT2D eigenvalue weighted by atomic mass is 10.4. The van der Waals surface area contributed by atoms with Crippen LogP contribution in [0.1, 0.15) is 21.5 Å². The molecule has 0 aliphatic rings. The third-order valence-electron chi connectivity index (χ3n) is 1.87. The maximum absolute atomic E-state index is 11.6. The van der Waals surface area contributed by atoms with Gasteiger partial charge in [0.2, 0.25) is 0 Å². The quantitative estimate of drug-likeness (QED) is 0.800. The summed E-state index contributed by atoms with van der Waals surface area (Å²) in [5.74, 6) is -0.343. The Morgan fingerprint density at radius 1 is 1.67 bits per heavy atom. The third-order valence-corrected chi connectivity index (χ3v) is 2.91. The first-order valence-corrected chi connectivity index (χ1v) is 5.42. The Kier molecular flexibility index (Phi) is 4.11. The SMILES string of the molecule is COCC(C)OC(=O)c1cc(N)c(C)s1. The molecular formula is C10H15NO3S. The normalized spacial score (nSPS) is 12.5. The topological polar surface area (TPSA) is 61.5 Å². The van der Waals surface area contributed by atoms with E-state index >= 15 is 0 Å². The molecule has 0 radical (unpaired) electrons. The lowest BCUT2D eigenvalue weighted by Crippen LogP contribution is -2.19. The highest BCUT2D eigenvalue weighted by Crippen LogP contribution is 2.24. The Morgan fingerprint density at radius 3 is 2.80 bits per heavy atom. The number of esters is 1. The van der Waals surface area contributed by atoms with Crippen molar-refractivity contribution in [2.75, 3.05) is 19.5 Å². The van der Waals surface area contributed by atoms with Crippen LogP contribution >= 0.6 is 11.3 Å². The zero-order valence-electron chi connectivity index (χ0n) is 9.07. The number of nitrogens with two attached hydrogens (primary N) is 1. The van der Waals surface area contributed by atoms with E-state index in [-0.39, 0.29) is 12.1 Å². The van der Waals surface area contributed by atoms with Crippen molar-refractivity contribution in [1.82, 2.24) is 0 Å². The number of hydrogen-bond donors (Lipinski definition) is 1. The van der Waals surface area contributed by atoms with Gasteiger partial charge in [-0.2, -0.15) is 0 Å². The standard InChI is InChI=1S/C10H15NO3S/c1-6(5-13-3)14-10(12)9-4-8(11)7(2)15-9/h4,6H,5,11H2,1-3H3. The summed E-state index contributed by atoms with van der Waals surface area (Å²) in [5, 5.41) is 0. The van der Waals surface area contributed by atoms with Gasteiger partial charge in [0, 0.05) is 17.7 Å². The van der Waals surface area contributed by atoms with Gasteiger partial charge in [0.05, 0.1) is 6.61 Å². The van der Waals surface area contributed by atoms with Gasteiger partial charge in [0.15, 0.2) is 0 Å². The molecule has 84 valence electrons. The summed E-state index contributed by atoms with van der Waals surface area (Å²) < 4.78 is 10.0. The van der Waals surface area contributed by atoms with Gasteiger partial charge >= 0.3 is 5.97 Å². The summed E-state index contributed by atoms with van der Waals surface area (Å²) in [6.07, 6.45) is -0.244. The Labute approximate surface area is 93.0 Å². The summed E-state index contributed by atoms with van der Waals surface area (Å²) in [4.78, 5) is 13.0. The van der Waals surface area contributed by atoms with Crippen molar-refractivity contribution in [2.45, 2.75) is 20.0 Å². The molecule has 1 rings (SSSR count). The maximum atomic E-state index is 11.6. The minimum Gasteiger partial charge on any atom is -0.456 e. The molecule has 2 N–H and O–H groups in total. The summed E-state index contributed by atoms with van der Waals surface area (Å²) >= 11 is 1.34. The second-order valence-corrected chi connectivity index (χ2v) is 4.55. The molecule has 15 heavy (non-hydrogen) atoms. The molecule has 0 spiro atoms. The van der Waals surface area contributed by atoms with Crippen LogP contribution in [0.3, 0.4) is 0 Å². The van der Waals surface area contributed by atoms with Gasteiger partial charge in [-0.1, -0.05) is 0 Å². The molecule has 5 heteroatoms. The fourth-order valence-corrected chi connectivity index (χ4v) is 1.93. The van der Waals surface area contributed by atoms with Crippen molar-refractivity contribution < 1.29 is 14.3 Å². The molecule has 1 aromatic rings. The van der Waals surface area contributed by atoms with Crippen LogP contribution in [0.4, 0.5) is 5.69 Å². The van der Waals surface area contributed by atoms with E-state index in [0.717, 1.165) is 4.88 Å². The van der Waals surface area contributed by atoms with Crippen molar-refractivity contribution in [2.24, 2.45) is 0 Å². The van der Waals surface area contributed by atoms with Crippen LogP contribution in [0.25, 0.3) is 0 Å². The summed E-state index contributed by atoms with van der Waals surface area (Å²) in [6.45, 7) is 4.05. The number of rotatable bonds is 4. The number of carbonyl (C=O) groups excluding carboxylic acids is 1. The average Bonchev–Trinajstić information content (AvgIpc) is 2.47. The van der Waals surface area contributed by atoms with Crippen LogP contribution in [-0.4, -0.2) is 25.8 Å². The van der Waals surface area contributed by atoms with Crippen molar-refractivity contribution in [3.05, 3.63) is 15.8 Å². The van der Waals surface area contributed by atoms with Crippen molar-refractivity contribution >= 4 is 23.0 Å². The number of thiophene rings is 1. The van der Waals surface area contributed by atoms with Crippen LogP contribution in [0.2, 0.25) is 0 Å². The molecule has 0 bridgehead atoms. The Bertz CT molecular complexity index is 329. The molecule has 0 aliphatic heterocycles. The van der Waals surface area contributed by atoms with Crippen LogP contribution < -0.4 is 5.73 Å². The van der Waals surface area contributed by atoms with E-state index in [4.69, 9.17) is 15.2 Å². The van der Waals surface area contributed by atoms with Gasteiger partial charge in [0.25, 0.3) is 0 Å². The third kappa shape index (κ3) is 3.21. The monoisotopic (exact) mass is 229 g/mol. The second-order valence-electron chi connectivity index (χ2n) is 3.29. The van der Waals surface area contributed by atoms with Crippen LogP contribution in [0, 0.1) is 6.92 Å². The lowest BCUT2D eigenvalue weighted by molar-refractivity contribution is 0.0125. The maximum Gasteiger partial charge on any atom is 0.348 e. The largest absolute Gasteiger partial charge is 0.456 e. The Balaban J connectivity index is 2.61. The van der Waals surface area contributed by atoms with Gasteiger partial charge in [-0.25, -0.2) is 4.79 Å². The van der Waals surface area contributed by atoms with Gasteiger partial charge in [-0.15, -0.1) is 11.3 Å². The first kappa shape index (κ1) is 12.0. The number of nitrogen functional groups attached to an aromatic ring is 1. The fourth-order valence-electron chi connectivity index (χ4n) is 1.11. The van der Waals surface area contributed by atoms with E-state index in [1.165, 1.54) is 11.3 Å². The van der Waals surface area contributed by atoms with E-state index in [0.29, 0.717) is 17.2 Å². The van der Waals surface area contributed by atoms with E-state index in [1.54, 1.807) is 20.1 Å². The van der Waals surface area contributed by atoms with Crippen LogP contribution in [0.15, 0.2) is 6.07 Å². The molecule has 0 saturated heterocycles. The number of hydrogen-bond acceptors (Lipinski definition) is 5. The fraction of sp³-hybridized carbons (Fsp3) is 0.500. The smallest absolute Gasteiger partial charge is 0.348 e. The number of methoxy groups -OCH3 is 1. The van der Waals surface area contributed by atoms with Gasteiger partial charge < -0.3 is 15.2 Å². The zero-order valence-corrected chi connectivity index (χ0v) is 9.89. The number of anilines is 1. The average molecular weight is 229 g/mol. The molecular weight excluding hydrogens is 214 g/mol. The molecule has 0 aliphatic carbocycles. The van der Waals surface area contributed by atoms with Crippen molar-refractivity contribution in [1.29, 1.82) is 0 Å². The number of ether oxygens (including phenoxy) is 2. The van der Waals surface area contributed by atoms with Gasteiger partial charge in [-0.3, -0.25) is 0 Å². The number of carbonyl (C=O) groups is 1. The van der Waals surface area contributed by atoms with E-state index < -0.39 is 0 Å². The Morgan fingerprint density at radius 2 is 2.33 bits per heavy atom. The highest BCUT2D eigenvalue weighted by Gasteiger charge is 2.15. The van der Waals surface area contributed by atoms with Gasteiger partial charge in [0.1, 0.15) is 11.0 Å². The van der Waals surface area contributed by atoms with Crippen LogP contribution in [-0.2, 0) is 9.47 Å². The molecule has 0 amide bonds. The molecule has 1 atom stereocenters. The lowest BCUT2D eigenvalue weighted by Gasteiger charge is -2.10. The minimum atomic E-state index is -0.343. The molecule has 0 fully saturated rings. The van der Waals surface area contributed by atoms with E-state index in [9.17, 15) is 4.79 Å². The zero-order chi connectivity index (χ0) is 11.4. The first-order valence-electron chi connectivity index (χ1n) is 4.60. The second kappa shape index (κ2) is 5.14. The highest BCUT2D eigenvalue weighted by molar-refractivity contribution is 7.14.